The van der Waals surface area contributed by atoms with E-state index >= 15 is 0 Å². The monoisotopic (exact) mass is 289 g/mol. The van der Waals surface area contributed by atoms with Crippen molar-refractivity contribution in [1.29, 1.82) is 0 Å². The van der Waals surface area contributed by atoms with Gasteiger partial charge >= 0.3 is 11.9 Å². The van der Waals surface area contributed by atoms with E-state index < -0.39 is 24.8 Å². The van der Waals surface area contributed by atoms with Crippen LogP contribution < -0.4 is 5.73 Å². The van der Waals surface area contributed by atoms with E-state index in [-0.39, 0.29) is 6.42 Å². The normalized spacial score (nSPS) is 11.7. The number of carbonyl (C=O) groups is 2. The van der Waals surface area contributed by atoms with Crippen molar-refractivity contribution in [3.8, 4) is 0 Å². The summed E-state index contributed by atoms with van der Waals surface area (Å²) in [4.78, 5) is 29.9. The van der Waals surface area contributed by atoms with Crippen LogP contribution in [-0.2, 0) is 20.7 Å². The van der Waals surface area contributed by atoms with Crippen LogP contribution in [0.2, 0.25) is 0 Å². The van der Waals surface area contributed by atoms with Gasteiger partial charge < -0.3 is 20.2 Å². The van der Waals surface area contributed by atoms with Gasteiger partial charge in [-0.3, -0.25) is 4.79 Å². The van der Waals surface area contributed by atoms with E-state index in [2.05, 4.69) is 9.97 Å². The number of aromatic nitrogens is 2. The second kappa shape index (κ2) is 7.20. The molecular weight excluding hydrogens is 274 g/mol. The number of nitrogens with two attached hydrogens (primary N) is 1. The number of hydrogen-bond acceptors (Lipinski definition) is 6. The van der Waals surface area contributed by atoms with Gasteiger partial charge in [-0.05, 0) is 12.1 Å². The van der Waals surface area contributed by atoms with Gasteiger partial charge in [0.25, 0.3) is 0 Å². The molecule has 1 heterocycles. The van der Waals surface area contributed by atoms with Crippen molar-refractivity contribution >= 4 is 11.9 Å². The first-order chi connectivity index (χ1) is 10.2. The van der Waals surface area contributed by atoms with Gasteiger partial charge in [-0.25, -0.2) is 9.78 Å². The third-order valence-electron chi connectivity index (χ3n) is 2.70. The topological polar surface area (TPSA) is 107 Å². The van der Waals surface area contributed by atoms with Gasteiger partial charge in [-0.2, -0.15) is 0 Å². The van der Waals surface area contributed by atoms with Crippen molar-refractivity contribution in [2.75, 3.05) is 6.79 Å². The van der Waals surface area contributed by atoms with Crippen molar-refractivity contribution < 1.29 is 19.1 Å². The van der Waals surface area contributed by atoms with Crippen molar-refractivity contribution in [2.45, 2.75) is 12.5 Å². The summed E-state index contributed by atoms with van der Waals surface area (Å²) in [6, 6.07) is 7.57. The van der Waals surface area contributed by atoms with Gasteiger partial charge in [0.05, 0.1) is 11.9 Å². The molecule has 2 rings (SSSR count). The molecule has 0 unspecified atom stereocenters. The zero-order valence-corrected chi connectivity index (χ0v) is 11.2. The lowest BCUT2D eigenvalue weighted by Crippen LogP contribution is -2.35. The fourth-order valence-corrected chi connectivity index (χ4v) is 1.62. The lowest BCUT2D eigenvalue weighted by atomic mass is 10.2. The second-order valence-electron chi connectivity index (χ2n) is 4.27. The summed E-state index contributed by atoms with van der Waals surface area (Å²) in [7, 11) is 0. The van der Waals surface area contributed by atoms with Crippen molar-refractivity contribution in [3.63, 3.8) is 0 Å². The Hall–Kier alpha value is -2.67. The molecule has 0 saturated carbocycles. The first-order valence-electron chi connectivity index (χ1n) is 6.28. The summed E-state index contributed by atoms with van der Waals surface area (Å²) in [6.07, 6.45) is 3.34. The van der Waals surface area contributed by atoms with Gasteiger partial charge in [0, 0.05) is 18.3 Å². The molecule has 0 bridgehead atoms. The van der Waals surface area contributed by atoms with Crippen LogP contribution in [0, 0.1) is 0 Å². The van der Waals surface area contributed by atoms with Crippen molar-refractivity contribution in [2.24, 2.45) is 5.73 Å². The van der Waals surface area contributed by atoms with E-state index in [9.17, 15) is 9.59 Å². The summed E-state index contributed by atoms with van der Waals surface area (Å²) in [5.74, 6) is -1.21. The zero-order chi connectivity index (χ0) is 15.1. The molecule has 7 nitrogen and oxygen atoms in total. The number of H-pyrrole nitrogens is 1. The highest BCUT2D eigenvalue weighted by molar-refractivity contribution is 5.89. The molecule has 0 aliphatic carbocycles. The Balaban J connectivity index is 1.73. The summed E-state index contributed by atoms with van der Waals surface area (Å²) in [5, 5.41) is 0. The van der Waals surface area contributed by atoms with E-state index in [1.54, 1.807) is 36.5 Å². The summed E-state index contributed by atoms with van der Waals surface area (Å²) >= 11 is 0. The molecule has 7 heteroatoms. The number of carbonyl (C=O) groups excluding carboxylic acids is 2. The summed E-state index contributed by atoms with van der Waals surface area (Å²) in [5.41, 5.74) is 6.78. The molecule has 0 amide bonds. The van der Waals surface area contributed by atoms with E-state index in [4.69, 9.17) is 15.2 Å². The Morgan fingerprint density at radius 3 is 2.67 bits per heavy atom. The Morgan fingerprint density at radius 1 is 1.24 bits per heavy atom. The van der Waals surface area contributed by atoms with Crippen molar-refractivity contribution in [3.05, 3.63) is 54.1 Å². The molecule has 1 aromatic carbocycles. The number of hydrogen-bond donors (Lipinski definition) is 2. The Labute approximate surface area is 121 Å². The van der Waals surface area contributed by atoms with Gasteiger partial charge in [-0.15, -0.1) is 0 Å². The molecule has 0 fully saturated rings. The predicted octanol–water partition coefficient (Wildman–Crippen LogP) is 0.637. The Morgan fingerprint density at radius 2 is 2.00 bits per heavy atom. The summed E-state index contributed by atoms with van der Waals surface area (Å²) in [6.45, 7) is -0.469. The van der Waals surface area contributed by atoms with Gasteiger partial charge in [0.1, 0.15) is 6.04 Å². The fourth-order valence-electron chi connectivity index (χ4n) is 1.62. The van der Waals surface area contributed by atoms with Crippen LogP contribution >= 0.6 is 0 Å². The van der Waals surface area contributed by atoms with Gasteiger partial charge in [-0.1, -0.05) is 18.2 Å². The summed E-state index contributed by atoms with van der Waals surface area (Å²) < 4.78 is 9.63. The molecule has 1 aromatic heterocycles. The minimum absolute atomic E-state index is 0.269. The lowest BCUT2D eigenvalue weighted by molar-refractivity contribution is -0.153. The average Bonchev–Trinajstić information content (AvgIpc) is 3.00. The largest absolute Gasteiger partial charge is 0.427 e. The Bertz CT molecular complexity index is 584. The minimum Gasteiger partial charge on any atom is -0.427 e. The standard InChI is InChI=1S/C14H15N3O4/c15-12(6-11-7-16-8-17-11)14(19)21-9-20-13(18)10-4-2-1-3-5-10/h1-5,7-8,12H,6,9,15H2,(H,16,17)/t12-/m0/s1. The lowest BCUT2D eigenvalue weighted by Gasteiger charge is -2.10. The molecule has 0 spiro atoms. The molecule has 0 aliphatic heterocycles. The van der Waals surface area contributed by atoms with Crippen LogP contribution in [0.1, 0.15) is 16.1 Å². The SMILES string of the molecule is N[C@@H](Cc1cnc[nH]1)C(=O)OCOC(=O)c1ccccc1. The maximum Gasteiger partial charge on any atom is 0.340 e. The highest BCUT2D eigenvalue weighted by Crippen LogP contribution is 2.02. The molecular formula is C14H15N3O4. The number of esters is 2. The molecule has 3 N–H and O–H groups in total. The number of nitrogens with zero attached hydrogens (tertiary/aromatic N) is 1. The predicted molar refractivity (Wildman–Crippen MR) is 73.1 cm³/mol. The number of ether oxygens (including phenoxy) is 2. The van der Waals surface area contributed by atoms with Gasteiger partial charge in [0.15, 0.2) is 0 Å². The fraction of sp³-hybridized carbons (Fsp3) is 0.214. The maximum atomic E-state index is 11.6. The zero-order valence-electron chi connectivity index (χ0n) is 11.2. The van der Waals surface area contributed by atoms with Crippen LogP contribution in [0.5, 0.6) is 0 Å². The van der Waals surface area contributed by atoms with Crippen LogP contribution in [0.15, 0.2) is 42.9 Å². The van der Waals surface area contributed by atoms with E-state index in [1.807, 2.05) is 0 Å². The third kappa shape index (κ3) is 4.43. The molecule has 0 saturated heterocycles. The third-order valence-corrected chi connectivity index (χ3v) is 2.70. The maximum absolute atomic E-state index is 11.6. The number of aromatic amines is 1. The van der Waals surface area contributed by atoms with Crippen LogP contribution in [0.25, 0.3) is 0 Å². The number of imidazole rings is 1. The number of rotatable bonds is 6. The van der Waals surface area contributed by atoms with E-state index in [0.717, 1.165) is 5.69 Å². The highest BCUT2D eigenvalue weighted by atomic mass is 16.7. The molecule has 1 atom stereocenters. The van der Waals surface area contributed by atoms with Gasteiger partial charge in [0.2, 0.25) is 6.79 Å². The van der Waals surface area contributed by atoms with Crippen LogP contribution in [0.3, 0.4) is 0 Å². The number of benzene rings is 1. The van der Waals surface area contributed by atoms with E-state index in [0.29, 0.717) is 5.56 Å². The first kappa shape index (κ1) is 14.7. The van der Waals surface area contributed by atoms with Crippen LogP contribution in [-0.4, -0.2) is 34.7 Å². The quantitative estimate of drug-likeness (QED) is 0.597. The number of nitrogens with one attached hydrogen (secondary N) is 1. The molecule has 0 aliphatic rings. The van der Waals surface area contributed by atoms with Crippen LogP contribution in [0.4, 0.5) is 0 Å². The smallest absolute Gasteiger partial charge is 0.340 e. The van der Waals surface area contributed by atoms with E-state index in [1.165, 1.54) is 6.33 Å². The van der Waals surface area contributed by atoms with Crippen molar-refractivity contribution in [1.82, 2.24) is 9.97 Å². The first-order valence-corrected chi connectivity index (χ1v) is 6.28. The highest BCUT2D eigenvalue weighted by Gasteiger charge is 2.17. The molecule has 110 valence electrons. The molecule has 21 heavy (non-hydrogen) atoms. The molecule has 2 aromatic rings. The molecule has 0 radical (unpaired) electrons. The minimum atomic E-state index is -0.846. The average molecular weight is 289 g/mol. The Kier molecular flexibility index (Phi) is 5.05. The second-order valence-corrected chi connectivity index (χ2v) is 4.27.